The summed E-state index contributed by atoms with van der Waals surface area (Å²) in [6.07, 6.45) is 2.35. The van der Waals surface area contributed by atoms with Crippen molar-refractivity contribution in [1.29, 1.82) is 0 Å². The number of phenolic OH excluding ortho intramolecular Hbond substituents is 1. The first kappa shape index (κ1) is 14.3. The minimum atomic E-state index is -0.870. The zero-order chi connectivity index (χ0) is 13.5. The highest BCUT2D eigenvalue weighted by Gasteiger charge is 2.16. The molecule has 4 heteroatoms. The predicted octanol–water partition coefficient (Wildman–Crippen LogP) is 1.94. The Kier molecular flexibility index (Phi) is 5.39. The van der Waals surface area contributed by atoms with Gasteiger partial charge < -0.3 is 15.5 Å². The molecule has 1 aromatic rings. The molecule has 0 spiro atoms. The molecule has 3 N–H and O–H groups in total. The number of aliphatic carboxylic acids is 1. The SMILES string of the molecule is CC(C)=CCNC(Cc1ccc(O)cc1)C(=O)O. The first-order valence-corrected chi connectivity index (χ1v) is 5.86. The van der Waals surface area contributed by atoms with Crippen LogP contribution in [0.15, 0.2) is 35.9 Å². The fraction of sp³-hybridized carbons (Fsp3) is 0.357. The number of carboxylic acid groups (broad SMARTS) is 1. The van der Waals surface area contributed by atoms with Crippen molar-refractivity contribution in [2.24, 2.45) is 0 Å². The van der Waals surface area contributed by atoms with E-state index in [1.807, 2.05) is 19.9 Å². The second-order valence-electron chi connectivity index (χ2n) is 4.45. The number of rotatable bonds is 6. The van der Waals surface area contributed by atoms with E-state index in [1.54, 1.807) is 24.3 Å². The van der Waals surface area contributed by atoms with E-state index in [2.05, 4.69) is 5.32 Å². The van der Waals surface area contributed by atoms with Crippen LogP contribution in [-0.4, -0.2) is 28.8 Å². The second-order valence-corrected chi connectivity index (χ2v) is 4.45. The molecule has 0 aliphatic heterocycles. The van der Waals surface area contributed by atoms with E-state index in [0.29, 0.717) is 13.0 Å². The lowest BCUT2D eigenvalue weighted by Gasteiger charge is -2.13. The van der Waals surface area contributed by atoms with Crippen molar-refractivity contribution in [3.8, 4) is 5.75 Å². The third-order valence-corrected chi connectivity index (χ3v) is 2.55. The standard InChI is InChI=1S/C14H19NO3/c1-10(2)7-8-15-13(14(17)18)9-11-3-5-12(16)6-4-11/h3-7,13,15-16H,8-9H2,1-2H3,(H,17,18). The Bertz CT molecular complexity index is 419. The van der Waals surface area contributed by atoms with Crippen LogP contribution < -0.4 is 5.32 Å². The molecule has 0 amide bonds. The van der Waals surface area contributed by atoms with Crippen LogP contribution in [-0.2, 0) is 11.2 Å². The summed E-state index contributed by atoms with van der Waals surface area (Å²) in [5, 5.41) is 21.3. The van der Waals surface area contributed by atoms with Gasteiger partial charge in [-0.3, -0.25) is 4.79 Å². The molecule has 0 heterocycles. The molecule has 0 aromatic heterocycles. The largest absolute Gasteiger partial charge is 0.508 e. The van der Waals surface area contributed by atoms with Gasteiger partial charge in [-0.2, -0.15) is 0 Å². The molecule has 0 aliphatic rings. The molecule has 0 aliphatic carbocycles. The van der Waals surface area contributed by atoms with E-state index in [0.717, 1.165) is 11.1 Å². The van der Waals surface area contributed by atoms with Crippen LogP contribution in [0.3, 0.4) is 0 Å². The molecule has 4 nitrogen and oxygen atoms in total. The summed E-state index contributed by atoms with van der Waals surface area (Å²) in [7, 11) is 0. The monoisotopic (exact) mass is 249 g/mol. The van der Waals surface area contributed by atoms with Gasteiger partial charge in [-0.15, -0.1) is 0 Å². The van der Waals surface area contributed by atoms with Crippen molar-refractivity contribution >= 4 is 5.97 Å². The highest BCUT2D eigenvalue weighted by atomic mass is 16.4. The van der Waals surface area contributed by atoms with Gasteiger partial charge in [0.1, 0.15) is 11.8 Å². The summed E-state index contributed by atoms with van der Waals surface area (Å²) in [5.41, 5.74) is 2.03. The van der Waals surface area contributed by atoms with Gasteiger partial charge in [0.05, 0.1) is 0 Å². The molecule has 0 saturated carbocycles. The lowest BCUT2D eigenvalue weighted by molar-refractivity contribution is -0.139. The summed E-state index contributed by atoms with van der Waals surface area (Å²) in [4.78, 5) is 11.1. The van der Waals surface area contributed by atoms with E-state index < -0.39 is 12.0 Å². The Morgan fingerprint density at radius 2 is 1.94 bits per heavy atom. The molecular weight excluding hydrogens is 230 g/mol. The van der Waals surface area contributed by atoms with E-state index in [9.17, 15) is 4.79 Å². The van der Waals surface area contributed by atoms with Crippen LogP contribution in [0.4, 0.5) is 0 Å². The van der Waals surface area contributed by atoms with Crippen LogP contribution in [0, 0.1) is 0 Å². The number of aromatic hydroxyl groups is 1. The van der Waals surface area contributed by atoms with Crippen molar-refractivity contribution < 1.29 is 15.0 Å². The lowest BCUT2D eigenvalue weighted by Crippen LogP contribution is -2.38. The van der Waals surface area contributed by atoms with E-state index in [-0.39, 0.29) is 5.75 Å². The Hall–Kier alpha value is -1.81. The molecule has 0 bridgehead atoms. The number of hydrogen-bond donors (Lipinski definition) is 3. The summed E-state index contributed by atoms with van der Waals surface area (Å²) in [5.74, 6) is -0.687. The van der Waals surface area contributed by atoms with Gasteiger partial charge in [0.25, 0.3) is 0 Å². The van der Waals surface area contributed by atoms with Crippen LogP contribution in [0.25, 0.3) is 0 Å². The molecule has 0 fully saturated rings. The zero-order valence-electron chi connectivity index (χ0n) is 10.7. The van der Waals surface area contributed by atoms with Gasteiger partial charge in [-0.05, 0) is 38.0 Å². The van der Waals surface area contributed by atoms with E-state index in [4.69, 9.17) is 10.2 Å². The average molecular weight is 249 g/mol. The van der Waals surface area contributed by atoms with Crippen molar-refractivity contribution in [3.05, 3.63) is 41.5 Å². The van der Waals surface area contributed by atoms with Crippen molar-refractivity contribution in [3.63, 3.8) is 0 Å². The van der Waals surface area contributed by atoms with Gasteiger partial charge in [0.2, 0.25) is 0 Å². The molecular formula is C14H19NO3. The van der Waals surface area contributed by atoms with Crippen LogP contribution in [0.2, 0.25) is 0 Å². The predicted molar refractivity (Wildman–Crippen MR) is 70.7 cm³/mol. The number of nitrogens with one attached hydrogen (secondary N) is 1. The molecule has 18 heavy (non-hydrogen) atoms. The smallest absolute Gasteiger partial charge is 0.321 e. The fourth-order valence-electron chi connectivity index (χ4n) is 1.52. The molecule has 1 rings (SSSR count). The van der Waals surface area contributed by atoms with Crippen molar-refractivity contribution in [1.82, 2.24) is 5.32 Å². The van der Waals surface area contributed by atoms with Gasteiger partial charge in [0.15, 0.2) is 0 Å². The number of hydrogen-bond acceptors (Lipinski definition) is 3. The maximum absolute atomic E-state index is 11.1. The van der Waals surface area contributed by atoms with Gasteiger partial charge in [-0.1, -0.05) is 23.8 Å². The van der Waals surface area contributed by atoms with Crippen LogP contribution in [0.5, 0.6) is 5.75 Å². The number of phenols is 1. The maximum Gasteiger partial charge on any atom is 0.321 e. The third kappa shape index (κ3) is 5.01. The summed E-state index contributed by atoms with van der Waals surface area (Å²) in [6, 6.07) is 5.96. The molecule has 98 valence electrons. The molecule has 1 aromatic carbocycles. The molecule has 0 saturated heterocycles. The number of allylic oxidation sites excluding steroid dienone is 1. The quantitative estimate of drug-likeness (QED) is 0.674. The van der Waals surface area contributed by atoms with Gasteiger partial charge in [-0.25, -0.2) is 0 Å². The Labute approximate surface area is 107 Å². The van der Waals surface area contributed by atoms with Crippen LogP contribution in [0.1, 0.15) is 19.4 Å². The third-order valence-electron chi connectivity index (χ3n) is 2.55. The van der Waals surface area contributed by atoms with Gasteiger partial charge in [0, 0.05) is 6.54 Å². The second kappa shape index (κ2) is 6.81. The molecule has 1 unspecified atom stereocenters. The summed E-state index contributed by atoms with van der Waals surface area (Å²) in [6.45, 7) is 4.48. The number of carbonyl (C=O) groups is 1. The Morgan fingerprint density at radius 3 is 2.44 bits per heavy atom. The van der Waals surface area contributed by atoms with Crippen molar-refractivity contribution in [2.45, 2.75) is 26.3 Å². The normalized spacial score (nSPS) is 11.9. The van der Waals surface area contributed by atoms with Crippen LogP contribution >= 0.6 is 0 Å². The van der Waals surface area contributed by atoms with Gasteiger partial charge >= 0.3 is 5.97 Å². The highest BCUT2D eigenvalue weighted by molar-refractivity contribution is 5.73. The topological polar surface area (TPSA) is 69.6 Å². The average Bonchev–Trinajstić information content (AvgIpc) is 2.30. The van der Waals surface area contributed by atoms with E-state index in [1.165, 1.54) is 0 Å². The minimum absolute atomic E-state index is 0.183. The summed E-state index contributed by atoms with van der Waals surface area (Å²) < 4.78 is 0. The molecule has 1 atom stereocenters. The lowest BCUT2D eigenvalue weighted by atomic mass is 10.1. The Balaban J connectivity index is 2.60. The fourth-order valence-corrected chi connectivity index (χ4v) is 1.52. The molecule has 0 radical (unpaired) electrons. The Morgan fingerprint density at radius 1 is 1.33 bits per heavy atom. The zero-order valence-corrected chi connectivity index (χ0v) is 10.7. The first-order valence-electron chi connectivity index (χ1n) is 5.86. The van der Waals surface area contributed by atoms with E-state index >= 15 is 0 Å². The number of carboxylic acids is 1. The number of benzene rings is 1. The minimum Gasteiger partial charge on any atom is -0.508 e. The van der Waals surface area contributed by atoms with Crippen molar-refractivity contribution in [2.75, 3.05) is 6.54 Å². The first-order chi connectivity index (χ1) is 8.49. The maximum atomic E-state index is 11.1. The highest BCUT2D eigenvalue weighted by Crippen LogP contribution is 2.11. The summed E-state index contributed by atoms with van der Waals surface area (Å²) >= 11 is 0.